The second kappa shape index (κ2) is 7.81. The Balaban J connectivity index is 2.09. The Labute approximate surface area is 126 Å². The lowest BCUT2D eigenvalue weighted by Gasteiger charge is -2.19. The van der Waals surface area contributed by atoms with Crippen molar-refractivity contribution in [2.45, 2.75) is 31.9 Å². The highest BCUT2D eigenvalue weighted by Gasteiger charge is 2.11. The molecule has 3 N–H and O–H groups in total. The van der Waals surface area contributed by atoms with Crippen molar-refractivity contribution in [3.8, 4) is 0 Å². The molecule has 2 unspecified atom stereocenters. The first kappa shape index (κ1) is 15.5. The van der Waals surface area contributed by atoms with Crippen LogP contribution in [-0.4, -0.2) is 22.9 Å². The second-order valence-corrected chi connectivity index (χ2v) is 5.30. The van der Waals surface area contributed by atoms with E-state index in [4.69, 9.17) is 5.11 Å². The molecular formula is C18H23NO2. The molecule has 0 aromatic heterocycles. The molecule has 0 aliphatic rings. The highest BCUT2D eigenvalue weighted by atomic mass is 16.3. The van der Waals surface area contributed by atoms with Gasteiger partial charge in [0.05, 0.1) is 6.10 Å². The summed E-state index contributed by atoms with van der Waals surface area (Å²) >= 11 is 0. The van der Waals surface area contributed by atoms with Gasteiger partial charge in [0.1, 0.15) is 0 Å². The van der Waals surface area contributed by atoms with Gasteiger partial charge in [0, 0.05) is 24.8 Å². The lowest BCUT2D eigenvalue weighted by molar-refractivity contribution is 0.133. The molecule has 21 heavy (non-hydrogen) atoms. The first-order valence-corrected chi connectivity index (χ1v) is 7.39. The van der Waals surface area contributed by atoms with Crippen molar-refractivity contribution in [2.24, 2.45) is 0 Å². The number of rotatable bonds is 7. The van der Waals surface area contributed by atoms with Gasteiger partial charge in [0.25, 0.3) is 0 Å². The Kier molecular flexibility index (Phi) is 5.78. The number of hydrogen-bond donors (Lipinski definition) is 3. The van der Waals surface area contributed by atoms with Crippen molar-refractivity contribution in [1.82, 2.24) is 0 Å². The Bertz CT molecular complexity index is 542. The molecule has 0 radical (unpaired) electrons. The normalized spacial score (nSPS) is 13.7. The third-order valence-electron chi connectivity index (χ3n) is 3.61. The summed E-state index contributed by atoms with van der Waals surface area (Å²) in [5, 5.41) is 22.3. The molecule has 2 aromatic rings. The summed E-state index contributed by atoms with van der Waals surface area (Å²) in [7, 11) is 0. The third kappa shape index (κ3) is 4.59. The monoisotopic (exact) mass is 285 g/mol. The molecule has 3 nitrogen and oxygen atoms in total. The fourth-order valence-corrected chi connectivity index (χ4v) is 2.40. The zero-order chi connectivity index (χ0) is 15.1. The van der Waals surface area contributed by atoms with Crippen molar-refractivity contribution in [3.05, 3.63) is 65.7 Å². The maximum atomic E-state index is 9.89. The average Bonchev–Trinajstić information content (AvgIpc) is 2.50. The number of para-hydroxylation sites is 1. The molecule has 2 rings (SSSR count). The molecule has 0 heterocycles. The summed E-state index contributed by atoms with van der Waals surface area (Å²) in [5.41, 5.74) is 3.33. The predicted octanol–water partition coefficient (Wildman–Crippen LogP) is 3.15. The zero-order valence-corrected chi connectivity index (χ0v) is 12.4. The van der Waals surface area contributed by atoms with E-state index < -0.39 is 6.10 Å². The van der Waals surface area contributed by atoms with E-state index in [0.717, 1.165) is 11.3 Å². The van der Waals surface area contributed by atoms with Crippen LogP contribution in [0.2, 0.25) is 0 Å². The average molecular weight is 285 g/mol. The summed E-state index contributed by atoms with van der Waals surface area (Å²) < 4.78 is 0. The topological polar surface area (TPSA) is 52.5 Å². The Morgan fingerprint density at radius 1 is 1.00 bits per heavy atom. The summed E-state index contributed by atoms with van der Waals surface area (Å²) in [6, 6.07) is 18.5. The van der Waals surface area contributed by atoms with E-state index in [9.17, 15) is 5.11 Å². The minimum atomic E-state index is -0.509. The fourth-order valence-electron chi connectivity index (χ4n) is 2.40. The van der Waals surface area contributed by atoms with Gasteiger partial charge in [0.15, 0.2) is 0 Å². The van der Waals surface area contributed by atoms with Gasteiger partial charge in [0.2, 0.25) is 0 Å². The van der Waals surface area contributed by atoms with Crippen LogP contribution in [0.3, 0.4) is 0 Å². The van der Waals surface area contributed by atoms with E-state index in [1.807, 2.05) is 42.5 Å². The lowest BCUT2D eigenvalue weighted by Crippen LogP contribution is -2.15. The third-order valence-corrected chi connectivity index (χ3v) is 3.61. The smallest absolute Gasteiger partial charge is 0.0603 e. The summed E-state index contributed by atoms with van der Waals surface area (Å²) in [6.45, 7) is 2.13. The minimum absolute atomic E-state index is 0.0111. The van der Waals surface area contributed by atoms with E-state index in [1.165, 1.54) is 5.56 Å². The van der Waals surface area contributed by atoms with Crippen LogP contribution >= 0.6 is 0 Å². The Hall–Kier alpha value is -1.84. The quantitative estimate of drug-likeness (QED) is 0.732. The molecule has 2 aromatic carbocycles. The molecule has 0 aliphatic heterocycles. The van der Waals surface area contributed by atoms with Gasteiger partial charge in [-0.1, -0.05) is 48.5 Å². The van der Waals surface area contributed by atoms with Gasteiger partial charge in [-0.25, -0.2) is 0 Å². The molecule has 0 fully saturated rings. The number of hydrogen-bond acceptors (Lipinski definition) is 3. The van der Waals surface area contributed by atoms with Crippen LogP contribution in [0.15, 0.2) is 54.6 Å². The van der Waals surface area contributed by atoms with Crippen LogP contribution in [0.4, 0.5) is 5.69 Å². The van der Waals surface area contributed by atoms with E-state index in [0.29, 0.717) is 12.8 Å². The van der Waals surface area contributed by atoms with Crippen molar-refractivity contribution in [2.75, 3.05) is 11.9 Å². The van der Waals surface area contributed by atoms with Crippen LogP contribution in [0.1, 0.15) is 30.5 Å². The molecule has 0 saturated heterocycles. The first-order chi connectivity index (χ1) is 10.2. The largest absolute Gasteiger partial charge is 0.396 e. The van der Waals surface area contributed by atoms with Crippen molar-refractivity contribution in [3.63, 3.8) is 0 Å². The van der Waals surface area contributed by atoms with Crippen LogP contribution < -0.4 is 5.32 Å². The molecule has 3 heteroatoms. The summed E-state index contributed by atoms with van der Waals surface area (Å²) in [5.74, 6) is 0. The van der Waals surface area contributed by atoms with Crippen LogP contribution in [0, 0.1) is 0 Å². The van der Waals surface area contributed by atoms with E-state index >= 15 is 0 Å². The molecule has 0 bridgehead atoms. The minimum Gasteiger partial charge on any atom is -0.396 e. The van der Waals surface area contributed by atoms with Crippen LogP contribution in [0.25, 0.3) is 0 Å². The van der Waals surface area contributed by atoms with Crippen molar-refractivity contribution >= 4 is 5.69 Å². The number of anilines is 1. The molecule has 2 atom stereocenters. The standard InChI is InChI=1S/C18H23NO2/c1-14(15-7-3-2-4-8-15)19-18-10-6-5-9-16(18)13-17(21)11-12-20/h2-10,14,17,19-21H,11-13H2,1H3. The number of nitrogens with one attached hydrogen (secondary N) is 1. The fraction of sp³-hybridized carbons (Fsp3) is 0.333. The Morgan fingerprint density at radius 2 is 1.67 bits per heavy atom. The van der Waals surface area contributed by atoms with Gasteiger partial charge in [-0.2, -0.15) is 0 Å². The molecule has 112 valence electrons. The van der Waals surface area contributed by atoms with Gasteiger partial charge in [-0.15, -0.1) is 0 Å². The molecule has 0 saturated carbocycles. The van der Waals surface area contributed by atoms with Gasteiger partial charge < -0.3 is 15.5 Å². The molecule has 0 spiro atoms. The van der Waals surface area contributed by atoms with Crippen molar-refractivity contribution < 1.29 is 10.2 Å². The maximum Gasteiger partial charge on any atom is 0.0603 e. The van der Waals surface area contributed by atoms with Crippen LogP contribution in [0.5, 0.6) is 0 Å². The SMILES string of the molecule is CC(Nc1ccccc1CC(O)CCO)c1ccccc1. The highest BCUT2D eigenvalue weighted by molar-refractivity contribution is 5.52. The van der Waals surface area contributed by atoms with E-state index in [-0.39, 0.29) is 12.6 Å². The van der Waals surface area contributed by atoms with E-state index in [2.05, 4.69) is 24.4 Å². The number of aliphatic hydroxyl groups is 2. The van der Waals surface area contributed by atoms with Gasteiger partial charge in [-0.05, 0) is 30.5 Å². The maximum absolute atomic E-state index is 9.89. The molecule has 0 aliphatic carbocycles. The first-order valence-electron chi connectivity index (χ1n) is 7.39. The summed E-state index contributed by atoms with van der Waals surface area (Å²) in [6.07, 6.45) is 0.443. The predicted molar refractivity (Wildman–Crippen MR) is 86.3 cm³/mol. The lowest BCUT2D eigenvalue weighted by atomic mass is 10.0. The van der Waals surface area contributed by atoms with Gasteiger partial charge in [-0.3, -0.25) is 0 Å². The second-order valence-electron chi connectivity index (χ2n) is 5.30. The van der Waals surface area contributed by atoms with E-state index in [1.54, 1.807) is 0 Å². The van der Waals surface area contributed by atoms with Crippen molar-refractivity contribution in [1.29, 1.82) is 0 Å². The summed E-state index contributed by atoms with van der Waals surface area (Å²) in [4.78, 5) is 0. The highest BCUT2D eigenvalue weighted by Crippen LogP contribution is 2.23. The van der Waals surface area contributed by atoms with Crippen LogP contribution in [-0.2, 0) is 6.42 Å². The Morgan fingerprint density at radius 3 is 2.38 bits per heavy atom. The number of aliphatic hydroxyl groups excluding tert-OH is 2. The molecular weight excluding hydrogens is 262 g/mol. The number of benzene rings is 2. The zero-order valence-electron chi connectivity index (χ0n) is 12.4. The molecule has 0 amide bonds. The van der Waals surface area contributed by atoms with Gasteiger partial charge >= 0.3 is 0 Å².